The molecule has 10 heteroatoms. The Labute approximate surface area is 189 Å². The summed E-state index contributed by atoms with van der Waals surface area (Å²) in [6, 6.07) is 16.2. The maximum Gasteiger partial charge on any atom is 0.263 e. The molecule has 0 unspecified atom stereocenters. The first kappa shape index (κ1) is 21.2. The van der Waals surface area contributed by atoms with E-state index in [0.717, 1.165) is 0 Å². The molecule has 2 aromatic carbocycles. The lowest BCUT2D eigenvalue weighted by molar-refractivity contribution is 0.459. The molecule has 0 spiro atoms. The molecule has 2 heterocycles. The molecule has 0 bridgehead atoms. The third kappa shape index (κ3) is 4.99. The first-order valence-corrected chi connectivity index (χ1v) is 11.3. The highest BCUT2D eigenvalue weighted by atomic mass is 35.5. The third-order valence-corrected chi connectivity index (χ3v) is 6.28. The Morgan fingerprint density at radius 3 is 2.39 bits per heavy atom. The predicted molar refractivity (Wildman–Crippen MR) is 120 cm³/mol. The summed E-state index contributed by atoms with van der Waals surface area (Å²) < 4.78 is 35.4. The van der Waals surface area contributed by atoms with Crippen molar-refractivity contribution in [2.24, 2.45) is 0 Å². The van der Waals surface area contributed by atoms with Crippen LogP contribution in [0.4, 0.5) is 5.69 Å². The molecule has 2 aromatic heterocycles. The number of hydrogen-bond donors (Lipinski definition) is 1. The number of hydrogen-bond acceptors (Lipinski definition) is 5. The zero-order chi connectivity index (χ0) is 22.0. The van der Waals surface area contributed by atoms with Crippen LogP contribution in [0.25, 0.3) is 5.82 Å². The summed E-state index contributed by atoms with van der Waals surface area (Å²) in [5.74, 6) is 2.09. The van der Waals surface area contributed by atoms with Gasteiger partial charge in [-0.05, 0) is 61.5 Å². The number of ether oxygens (including phenoxy) is 1. The molecule has 4 rings (SSSR count). The van der Waals surface area contributed by atoms with Crippen LogP contribution in [0.1, 0.15) is 5.82 Å². The van der Waals surface area contributed by atoms with Crippen molar-refractivity contribution in [3.8, 4) is 17.4 Å². The first-order chi connectivity index (χ1) is 14.8. The average molecular weight is 475 g/mol. The Morgan fingerprint density at radius 2 is 1.68 bits per heavy atom. The molecule has 1 N–H and O–H groups in total. The molecule has 0 saturated carbocycles. The van der Waals surface area contributed by atoms with Crippen LogP contribution in [-0.4, -0.2) is 23.0 Å². The molecule has 0 aliphatic rings. The van der Waals surface area contributed by atoms with Gasteiger partial charge in [0.25, 0.3) is 10.0 Å². The lowest BCUT2D eigenvalue weighted by atomic mass is 10.3. The van der Waals surface area contributed by atoms with Crippen molar-refractivity contribution < 1.29 is 13.2 Å². The Hall–Kier alpha value is -3.07. The van der Waals surface area contributed by atoms with Crippen LogP contribution in [0.5, 0.6) is 11.6 Å². The van der Waals surface area contributed by atoms with Gasteiger partial charge in [0.1, 0.15) is 22.3 Å². The van der Waals surface area contributed by atoms with E-state index < -0.39 is 10.0 Å². The van der Waals surface area contributed by atoms with E-state index in [2.05, 4.69) is 14.7 Å². The Morgan fingerprint density at radius 1 is 0.968 bits per heavy atom. The van der Waals surface area contributed by atoms with E-state index in [0.29, 0.717) is 29.0 Å². The van der Waals surface area contributed by atoms with Crippen LogP contribution in [0.15, 0.2) is 78.0 Å². The van der Waals surface area contributed by atoms with Gasteiger partial charge in [-0.15, -0.1) is 0 Å². The van der Waals surface area contributed by atoms with Crippen LogP contribution < -0.4 is 9.46 Å². The van der Waals surface area contributed by atoms with Crippen LogP contribution in [0.2, 0.25) is 10.0 Å². The molecular weight excluding hydrogens is 459 g/mol. The van der Waals surface area contributed by atoms with E-state index >= 15 is 0 Å². The van der Waals surface area contributed by atoms with E-state index in [4.69, 9.17) is 27.9 Å². The number of aromatic nitrogens is 3. The molecular formula is C21H16Cl2N4O3S. The molecule has 158 valence electrons. The normalized spacial score (nSPS) is 11.3. The second-order valence-corrected chi connectivity index (χ2v) is 9.00. The second-order valence-electron chi connectivity index (χ2n) is 6.51. The van der Waals surface area contributed by atoms with Gasteiger partial charge >= 0.3 is 0 Å². The number of aryl methyl sites for hydroxylation is 1. The Kier molecular flexibility index (Phi) is 5.86. The van der Waals surface area contributed by atoms with Crippen molar-refractivity contribution in [3.63, 3.8) is 0 Å². The largest absolute Gasteiger partial charge is 0.439 e. The van der Waals surface area contributed by atoms with Gasteiger partial charge in [0, 0.05) is 29.2 Å². The number of rotatable bonds is 6. The third-order valence-electron chi connectivity index (χ3n) is 4.18. The topological polar surface area (TPSA) is 86.1 Å². The molecule has 0 amide bonds. The Balaban J connectivity index is 1.52. The highest BCUT2D eigenvalue weighted by Gasteiger charge is 2.18. The van der Waals surface area contributed by atoms with Gasteiger partial charge in [-0.2, -0.15) is 4.98 Å². The van der Waals surface area contributed by atoms with Gasteiger partial charge in [0.2, 0.25) is 5.88 Å². The standard InChI is InChI=1S/C21H16Cl2N4O3S/c1-14-24-20(27-10-2-3-11-27)13-21(25-14)30-17-7-5-16(6-8-17)26-31(28,29)19-12-15(22)4-9-18(19)23/h2-13,26H,1H3. The van der Waals surface area contributed by atoms with Crippen LogP contribution in [0, 0.1) is 6.92 Å². The van der Waals surface area contributed by atoms with Crippen molar-refractivity contribution in [2.45, 2.75) is 11.8 Å². The van der Waals surface area contributed by atoms with Crippen molar-refractivity contribution in [2.75, 3.05) is 4.72 Å². The number of anilines is 1. The lowest BCUT2D eigenvalue weighted by Gasteiger charge is -2.11. The van der Waals surface area contributed by atoms with Gasteiger partial charge in [0.15, 0.2) is 0 Å². The van der Waals surface area contributed by atoms with Crippen LogP contribution in [-0.2, 0) is 10.0 Å². The smallest absolute Gasteiger partial charge is 0.263 e. The van der Waals surface area contributed by atoms with Gasteiger partial charge in [-0.25, -0.2) is 13.4 Å². The minimum atomic E-state index is -3.91. The molecule has 0 aliphatic heterocycles. The molecule has 0 fully saturated rings. The molecule has 7 nitrogen and oxygen atoms in total. The quantitative estimate of drug-likeness (QED) is 0.399. The fourth-order valence-electron chi connectivity index (χ4n) is 2.80. The molecule has 0 atom stereocenters. The fourth-order valence-corrected chi connectivity index (χ4v) is 4.62. The zero-order valence-corrected chi connectivity index (χ0v) is 18.5. The zero-order valence-electron chi connectivity index (χ0n) is 16.2. The number of nitrogens with one attached hydrogen (secondary N) is 1. The summed E-state index contributed by atoms with van der Waals surface area (Å²) in [5.41, 5.74) is 0.343. The van der Waals surface area contributed by atoms with Crippen LogP contribution >= 0.6 is 23.2 Å². The highest BCUT2D eigenvalue weighted by molar-refractivity contribution is 7.92. The van der Waals surface area contributed by atoms with Gasteiger partial charge in [0.05, 0.1) is 5.02 Å². The summed E-state index contributed by atoms with van der Waals surface area (Å²) in [5, 5.41) is 0.349. The molecule has 31 heavy (non-hydrogen) atoms. The van der Waals surface area contributed by atoms with Gasteiger partial charge < -0.3 is 9.30 Å². The summed E-state index contributed by atoms with van der Waals surface area (Å²) >= 11 is 11.9. The van der Waals surface area contributed by atoms with E-state index in [1.807, 2.05) is 29.1 Å². The summed E-state index contributed by atoms with van der Waals surface area (Å²) in [6.45, 7) is 1.78. The Bertz CT molecular complexity index is 1330. The average Bonchev–Trinajstić information content (AvgIpc) is 3.26. The molecule has 0 radical (unpaired) electrons. The maximum atomic E-state index is 12.6. The maximum absolute atomic E-state index is 12.6. The number of halogens is 2. The molecule has 4 aromatic rings. The number of sulfonamides is 1. The monoisotopic (exact) mass is 474 g/mol. The first-order valence-electron chi connectivity index (χ1n) is 9.05. The van der Waals surface area contributed by atoms with Crippen molar-refractivity contribution >= 4 is 38.9 Å². The summed E-state index contributed by atoms with van der Waals surface area (Å²) in [7, 11) is -3.91. The minimum absolute atomic E-state index is 0.0782. The SMILES string of the molecule is Cc1nc(Oc2ccc(NS(=O)(=O)c3cc(Cl)ccc3Cl)cc2)cc(-n2cccc2)n1. The van der Waals surface area contributed by atoms with Crippen molar-refractivity contribution in [1.82, 2.24) is 14.5 Å². The fraction of sp³-hybridized carbons (Fsp3) is 0.0476. The number of benzene rings is 2. The van der Waals surface area contributed by atoms with Crippen molar-refractivity contribution in [3.05, 3.63) is 88.9 Å². The highest BCUT2D eigenvalue weighted by Crippen LogP contribution is 2.28. The summed E-state index contributed by atoms with van der Waals surface area (Å²) in [6.07, 6.45) is 3.75. The molecule has 0 saturated heterocycles. The van der Waals surface area contributed by atoms with Gasteiger partial charge in [-0.1, -0.05) is 23.2 Å². The molecule has 0 aliphatic carbocycles. The van der Waals surface area contributed by atoms with Crippen molar-refractivity contribution in [1.29, 1.82) is 0 Å². The minimum Gasteiger partial charge on any atom is -0.439 e. The predicted octanol–water partition coefficient (Wildman–Crippen LogP) is 5.48. The lowest BCUT2D eigenvalue weighted by Crippen LogP contribution is -2.13. The van der Waals surface area contributed by atoms with E-state index in [-0.39, 0.29) is 14.9 Å². The van der Waals surface area contributed by atoms with E-state index in [9.17, 15) is 8.42 Å². The summed E-state index contributed by atoms with van der Waals surface area (Å²) in [4.78, 5) is 8.58. The van der Waals surface area contributed by atoms with Gasteiger partial charge in [-0.3, -0.25) is 4.72 Å². The van der Waals surface area contributed by atoms with E-state index in [1.165, 1.54) is 18.2 Å². The number of nitrogens with zero attached hydrogens (tertiary/aromatic N) is 3. The van der Waals surface area contributed by atoms with E-state index in [1.54, 1.807) is 37.3 Å². The van der Waals surface area contributed by atoms with Crippen LogP contribution in [0.3, 0.4) is 0 Å². The second kappa shape index (κ2) is 8.58.